The second-order valence-electron chi connectivity index (χ2n) is 4.62. The van der Waals surface area contributed by atoms with Crippen molar-refractivity contribution in [3.05, 3.63) is 29.6 Å². The number of thioether (sulfide) groups is 1. The third-order valence-corrected chi connectivity index (χ3v) is 4.19. The van der Waals surface area contributed by atoms with Crippen LogP contribution in [0.3, 0.4) is 0 Å². The normalized spacial score (nSPS) is 14.5. The highest BCUT2D eigenvalue weighted by molar-refractivity contribution is 7.98. The molecule has 0 saturated carbocycles. The van der Waals surface area contributed by atoms with Crippen molar-refractivity contribution in [3.63, 3.8) is 0 Å². The van der Waals surface area contributed by atoms with Gasteiger partial charge >= 0.3 is 0 Å². The second-order valence-corrected chi connectivity index (χ2v) is 5.53. The highest BCUT2D eigenvalue weighted by Crippen LogP contribution is 2.26. The van der Waals surface area contributed by atoms with E-state index in [1.54, 1.807) is 17.8 Å². The van der Waals surface area contributed by atoms with Gasteiger partial charge in [-0.25, -0.2) is 4.39 Å². The molecule has 0 spiro atoms. The molecule has 0 heterocycles. The van der Waals surface area contributed by atoms with Gasteiger partial charge in [0.05, 0.1) is 7.11 Å². The van der Waals surface area contributed by atoms with Crippen molar-refractivity contribution in [2.75, 3.05) is 32.7 Å². The Balaban J connectivity index is 2.93. The number of methoxy groups -OCH3 is 1. The zero-order valence-corrected chi connectivity index (χ0v) is 12.8. The van der Waals surface area contributed by atoms with Crippen molar-refractivity contribution in [1.82, 2.24) is 4.90 Å². The summed E-state index contributed by atoms with van der Waals surface area (Å²) >= 11 is 1.79. The molecule has 2 unspecified atom stereocenters. The third-order valence-electron chi connectivity index (χ3n) is 3.38. The molecule has 1 rings (SSSR count). The molecule has 1 aromatic carbocycles. The lowest BCUT2D eigenvalue weighted by Gasteiger charge is -2.32. The Kier molecular flexibility index (Phi) is 6.62. The van der Waals surface area contributed by atoms with Gasteiger partial charge in [0.2, 0.25) is 0 Å². The van der Waals surface area contributed by atoms with Gasteiger partial charge in [0.15, 0.2) is 11.6 Å². The van der Waals surface area contributed by atoms with E-state index < -0.39 is 0 Å². The second kappa shape index (κ2) is 7.72. The van der Waals surface area contributed by atoms with E-state index in [-0.39, 0.29) is 17.6 Å². The molecular weight excluding hydrogens is 263 g/mol. The summed E-state index contributed by atoms with van der Waals surface area (Å²) in [6.07, 6.45) is 2.08. The average Bonchev–Trinajstić information content (AvgIpc) is 2.40. The highest BCUT2D eigenvalue weighted by atomic mass is 32.2. The lowest BCUT2D eigenvalue weighted by Crippen LogP contribution is -2.38. The Bertz CT molecular complexity index is 403. The number of nitrogens with two attached hydrogens (primary N) is 1. The van der Waals surface area contributed by atoms with Crippen molar-refractivity contribution in [1.29, 1.82) is 0 Å². The van der Waals surface area contributed by atoms with E-state index in [4.69, 9.17) is 10.5 Å². The van der Waals surface area contributed by atoms with Crippen molar-refractivity contribution in [2.24, 2.45) is 5.73 Å². The molecule has 0 saturated heterocycles. The minimum absolute atomic E-state index is 0.0163. The summed E-state index contributed by atoms with van der Waals surface area (Å²) in [6, 6.07) is 5.44. The molecule has 0 aliphatic rings. The van der Waals surface area contributed by atoms with Crippen LogP contribution < -0.4 is 10.5 Å². The Labute approximate surface area is 119 Å². The van der Waals surface area contributed by atoms with Gasteiger partial charge < -0.3 is 10.5 Å². The van der Waals surface area contributed by atoms with Gasteiger partial charge in [-0.15, -0.1) is 0 Å². The summed E-state index contributed by atoms with van der Waals surface area (Å²) in [5.74, 6) is 0.940. The van der Waals surface area contributed by atoms with Crippen LogP contribution in [0.2, 0.25) is 0 Å². The Morgan fingerprint density at radius 2 is 2.16 bits per heavy atom. The van der Waals surface area contributed by atoms with Crippen molar-refractivity contribution >= 4 is 11.8 Å². The molecule has 0 bridgehead atoms. The number of ether oxygens (including phenoxy) is 1. The molecule has 0 aliphatic carbocycles. The van der Waals surface area contributed by atoms with E-state index in [9.17, 15) is 4.39 Å². The van der Waals surface area contributed by atoms with Crippen LogP contribution in [-0.2, 0) is 0 Å². The van der Waals surface area contributed by atoms with E-state index in [0.717, 1.165) is 11.3 Å². The van der Waals surface area contributed by atoms with Crippen LogP contribution in [0.5, 0.6) is 5.75 Å². The third kappa shape index (κ3) is 4.09. The maximum absolute atomic E-state index is 13.8. The molecule has 2 N–H and O–H groups in total. The zero-order valence-electron chi connectivity index (χ0n) is 12.0. The number of hydrogen-bond donors (Lipinski definition) is 1. The van der Waals surface area contributed by atoms with Crippen molar-refractivity contribution in [3.8, 4) is 5.75 Å². The lowest BCUT2D eigenvalue weighted by atomic mass is 10.0. The van der Waals surface area contributed by atoms with Gasteiger partial charge in [0, 0.05) is 24.4 Å². The van der Waals surface area contributed by atoms with Crippen molar-refractivity contribution in [2.45, 2.75) is 19.0 Å². The van der Waals surface area contributed by atoms with Gasteiger partial charge in [-0.2, -0.15) is 11.8 Å². The van der Waals surface area contributed by atoms with Crippen LogP contribution in [0.25, 0.3) is 0 Å². The number of rotatable bonds is 7. The van der Waals surface area contributed by atoms with Crippen molar-refractivity contribution < 1.29 is 9.13 Å². The first-order valence-electron chi connectivity index (χ1n) is 6.29. The molecule has 2 atom stereocenters. The summed E-state index contributed by atoms with van der Waals surface area (Å²) in [5.41, 5.74) is 6.74. The van der Waals surface area contributed by atoms with Gasteiger partial charge in [-0.3, -0.25) is 4.90 Å². The minimum Gasteiger partial charge on any atom is -0.494 e. The molecule has 5 heteroatoms. The average molecular weight is 286 g/mol. The topological polar surface area (TPSA) is 38.5 Å². The summed E-state index contributed by atoms with van der Waals surface area (Å²) in [7, 11) is 3.49. The van der Waals surface area contributed by atoms with Crippen LogP contribution in [0.15, 0.2) is 18.2 Å². The number of benzene rings is 1. The molecule has 108 valence electrons. The van der Waals surface area contributed by atoms with Gasteiger partial charge in [0.1, 0.15) is 0 Å². The molecule has 0 fully saturated rings. The fraction of sp³-hybridized carbons (Fsp3) is 0.571. The van der Waals surface area contributed by atoms with Crippen LogP contribution >= 0.6 is 11.8 Å². The predicted octanol–water partition coefficient (Wildman–Crippen LogP) is 2.52. The largest absolute Gasteiger partial charge is 0.494 e. The fourth-order valence-electron chi connectivity index (χ4n) is 2.09. The standard InChI is InChI=1S/C14H23FN2OS/c1-10(9-19-4)17(2)13(8-16)11-5-6-14(18-3)12(15)7-11/h5-7,10,13H,8-9,16H2,1-4H3. The molecule has 0 amide bonds. The summed E-state index contributed by atoms with van der Waals surface area (Å²) < 4.78 is 18.7. The monoisotopic (exact) mass is 286 g/mol. The first-order valence-corrected chi connectivity index (χ1v) is 7.68. The van der Waals surface area contributed by atoms with Crippen LogP contribution in [0, 0.1) is 5.82 Å². The number of likely N-dealkylation sites (N-methyl/N-ethyl adjacent to an activating group) is 1. The highest BCUT2D eigenvalue weighted by Gasteiger charge is 2.21. The zero-order chi connectivity index (χ0) is 14.4. The molecule has 3 nitrogen and oxygen atoms in total. The van der Waals surface area contributed by atoms with Gasteiger partial charge in [0.25, 0.3) is 0 Å². The van der Waals surface area contributed by atoms with E-state index in [0.29, 0.717) is 12.6 Å². The molecular formula is C14H23FN2OS. The minimum atomic E-state index is -0.343. The van der Waals surface area contributed by atoms with E-state index >= 15 is 0 Å². The Morgan fingerprint density at radius 3 is 2.63 bits per heavy atom. The predicted molar refractivity (Wildman–Crippen MR) is 80.4 cm³/mol. The fourth-order valence-corrected chi connectivity index (χ4v) is 2.81. The summed E-state index contributed by atoms with van der Waals surface area (Å²) in [5, 5.41) is 0. The van der Waals surface area contributed by atoms with Crippen LogP contribution in [-0.4, -0.2) is 43.7 Å². The van der Waals surface area contributed by atoms with E-state index in [1.807, 2.05) is 13.1 Å². The van der Waals surface area contributed by atoms with Gasteiger partial charge in [-0.1, -0.05) is 6.07 Å². The number of halogens is 1. The lowest BCUT2D eigenvalue weighted by molar-refractivity contribution is 0.203. The first kappa shape index (κ1) is 16.3. The molecule has 19 heavy (non-hydrogen) atoms. The van der Waals surface area contributed by atoms with Gasteiger partial charge in [-0.05, 0) is 37.9 Å². The molecule has 1 aromatic rings. The van der Waals surface area contributed by atoms with E-state index in [1.165, 1.54) is 13.2 Å². The maximum atomic E-state index is 13.8. The van der Waals surface area contributed by atoms with E-state index in [2.05, 4.69) is 18.1 Å². The number of hydrogen-bond acceptors (Lipinski definition) is 4. The smallest absolute Gasteiger partial charge is 0.165 e. The van der Waals surface area contributed by atoms with Crippen LogP contribution in [0.4, 0.5) is 4.39 Å². The Morgan fingerprint density at radius 1 is 1.47 bits per heavy atom. The summed E-state index contributed by atoms with van der Waals surface area (Å²) in [4.78, 5) is 2.19. The first-order chi connectivity index (χ1) is 9.04. The quantitative estimate of drug-likeness (QED) is 0.836. The summed E-state index contributed by atoms with van der Waals surface area (Å²) in [6.45, 7) is 2.61. The molecule has 0 radical (unpaired) electrons. The molecule has 0 aliphatic heterocycles. The number of nitrogens with zero attached hydrogens (tertiary/aromatic N) is 1. The van der Waals surface area contributed by atoms with Crippen LogP contribution in [0.1, 0.15) is 18.5 Å². The maximum Gasteiger partial charge on any atom is 0.165 e. The Hall–Kier alpha value is -0.780. The SMILES string of the molecule is COc1ccc(C(CN)N(C)C(C)CSC)cc1F. The molecule has 0 aromatic heterocycles.